The lowest BCUT2D eigenvalue weighted by molar-refractivity contribution is -0.908. The van der Waals surface area contributed by atoms with Crippen LogP contribution in [-0.2, 0) is 14.3 Å². The number of ketones is 1. The molecule has 2 aliphatic heterocycles. The average molecular weight is 489 g/mol. The van der Waals surface area contributed by atoms with E-state index in [1.54, 1.807) is 6.07 Å². The molecule has 0 saturated carbocycles. The number of morpholine rings is 1. The first kappa shape index (κ1) is 24.2. The zero-order chi connectivity index (χ0) is 24.2. The summed E-state index contributed by atoms with van der Waals surface area (Å²) < 4.78 is 24.6. The number of amides is 1. The third-order valence-corrected chi connectivity index (χ3v) is 6.53. The van der Waals surface area contributed by atoms with Crippen molar-refractivity contribution in [3.05, 3.63) is 70.0 Å². The van der Waals surface area contributed by atoms with Gasteiger partial charge in [-0.1, -0.05) is 35.6 Å². The van der Waals surface area contributed by atoms with Gasteiger partial charge >= 0.3 is 0 Å². The summed E-state index contributed by atoms with van der Waals surface area (Å²) in [5.74, 6) is -2.37. The zero-order valence-corrected chi connectivity index (χ0v) is 19.6. The molecule has 34 heavy (non-hydrogen) atoms. The molecule has 9 heteroatoms. The fourth-order valence-corrected chi connectivity index (χ4v) is 4.75. The number of carbonyl (C=O) groups is 2. The highest BCUT2D eigenvalue weighted by Crippen LogP contribution is 2.39. The van der Waals surface area contributed by atoms with E-state index in [1.807, 2.05) is 0 Å². The Hall–Kier alpha value is -2.94. The topological polar surface area (TPSA) is 83.3 Å². The molecular formula is C25H26ClFN2O5. The molecule has 4 rings (SSSR count). The number of quaternary nitrogens is 1. The van der Waals surface area contributed by atoms with Crippen molar-refractivity contribution in [3.63, 3.8) is 0 Å². The summed E-state index contributed by atoms with van der Waals surface area (Å²) >= 11 is 6.18. The van der Waals surface area contributed by atoms with Crippen molar-refractivity contribution in [1.29, 1.82) is 0 Å². The van der Waals surface area contributed by atoms with E-state index in [4.69, 9.17) is 21.1 Å². The van der Waals surface area contributed by atoms with Crippen molar-refractivity contribution in [1.82, 2.24) is 4.90 Å². The van der Waals surface area contributed by atoms with Crippen LogP contribution in [0.1, 0.15) is 23.6 Å². The largest absolute Gasteiger partial charge is 0.872 e. The van der Waals surface area contributed by atoms with Crippen molar-refractivity contribution in [2.75, 3.05) is 46.5 Å². The summed E-state index contributed by atoms with van der Waals surface area (Å²) in [5, 5.41) is 13.6. The van der Waals surface area contributed by atoms with Crippen LogP contribution in [0.15, 0.2) is 48.0 Å². The maximum Gasteiger partial charge on any atom is 0.295 e. The quantitative estimate of drug-likeness (QED) is 0.357. The number of nitrogens with one attached hydrogen (secondary N) is 1. The van der Waals surface area contributed by atoms with E-state index < -0.39 is 29.3 Å². The van der Waals surface area contributed by atoms with Gasteiger partial charge in [0.2, 0.25) is 5.78 Å². The lowest BCUT2D eigenvalue weighted by Crippen LogP contribution is -3.14. The second-order valence-corrected chi connectivity index (χ2v) is 8.75. The van der Waals surface area contributed by atoms with E-state index in [2.05, 4.69) is 0 Å². The highest BCUT2D eigenvalue weighted by atomic mass is 35.5. The second-order valence-electron chi connectivity index (χ2n) is 8.34. The van der Waals surface area contributed by atoms with E-state index >= 15 is 0 Å². The highest BCUT2D eigenvalue weighted by Gasteiger charge is 2.44. The molecule has 1 atom stereocenters. The fraction of sp³-hybridized carbons (Fsp3) is 0.360. The number of Topliss-reactive ketones (excluding diaryl/α,β-unsaturated/α-hetero) is 1. The van der Waals surface area contributed by atoms with Crippen molar-refractivity contribution >= 4 is 29.1 Å². The molecule has 0 bridgehead atoms. The van der Waals surface area contributed by atoms with Crippen LogP contribution in [0.3, 0.4) is 0 Å². The van der Waals surface area contributed by atoms with Gasteiger partial charge in [0.05, 0.1) is 37.9 Å². The molecule has 7 nitrogen and oxygen atoms in total. The molecule has 2 aromatic rings. The van der Waals surface area contributed by atoms with Gasteiger partial charge in [-0.25, -0.2) is 4.39 Å². The van der Waals surface area contributed by atoms with Crippen LogP contribution in [0.2, 0.25) is 5.02 Å². The number of carbonyl (C=O) groups excluding carboxylic acids is 2. The van der Waals surface area contributed by atoms with Crippen LogP contribution in [0, 0.1) is 5.82 Å². The average Bonchev–Trinajstić information content (AvgIpc) is 3.09. The van der Waals surface area contributed by atoms with Crippen LogP contribution < -0.4 is 14.7 Å². The summed E-state index contributed by atoms with van der Waals surface area (Å²) in [6.07, 6.45) is 0.635. The molecule has 2 aliphatic rings. The molecule has 1 N–H and O–H groups in total. The van der Waals surface area contributed by atoms with Gasteiger partial charge in [-0.05, 0) is 35.4 Å². The lowest BCUT2D eigenvalue weighted by Gasteiger charge is -2.29. The number of nitrogens with zero attached hydrogens (tertiary/aromatic N) is 1. The zero-order valence-electron chi connectivity index (χ0n) is 18.8. The molecule has 0 radical (unpaired) electrons. The van der Waals surface area contributed by atoms with E-state index in [0.29, 0.717) is 30.9 Å². The number of benzene rings is 2. The monoisotopic (exact) mass is 488 g/mol. The highest BCUT2D eigenvalue weighted by molar-refractivity contribution is 6.46. The molecule has 0 aromatic heterocycles. The summed E-state index contributed by atoms with van der Waals surface area (Å²) in [6, 6.07) is 9.10. The molecular weight excluding hydrogens is 463 g/mol. The van der Waals surface area contributed by atoms with Crippen molar-refractivity contribution in [2.45, 2.75) is 12.5 Å². The number of hydrogen-bond donors (Lipinski definition) is 1. The number of methoxy groups -OCH3 is 1. The SMILES string of the molecule is COc1ccc(C([O-])=C2C(=O)C(=O)N(CCC[NH+]3CCOCC3)C2c2cccc(F)c2)cc1Cl. The van der Waals surface area contributed by atoms with Gasteiger partial charge in [0.15, 0.2) is 0 Å². The summed E-state index contributed by atoms with van der Waals surface area (Å²) in [7, 11) is 1.45. The standard InChI is InChI=1S/C25H26ClFN2O5/c1-33-20-7-6-17(15-19(20)26)23(30)21-22(16-4-2-5-18(27)14-16)29(25(32)24(21)31)9-3-8-28-10-12-34-13-11-28/h2,4-7,14-15,22,30H,3,8-13H2,1H3. The maximum atomic E-state index is 14.1. The first-order valence-electron chi connectivity index (χ1n) is 11.2. The third-order valence-electron chi connectivity index (χ3n) is 6.24. The number of rotatable bonds is 7. The molecule has 2 saturated heterocycles. The van der Waals surface area contributed by atoms with Crippen LogP contribution in [0.25, 0.3) is 5.76 Å². The van der Waals surface area contributed by atoms with Crippen LogP contribution in [0.5, 0.6) is 5.75 Å². The Morgan fingerprint density at radius 1 is 1.24 bits per heavy atom. The van der Waals surface area contributed by atoms with Gasteiger partial charge in [0.25, 0.3) is 5.91 Å². The van der Waals surface area contributed by atoms with Crippen LogP contribution in [-0.4, -0.2) is 63.1 Å². The summed E-state index contributed by atoms with van der Waals surface area (Å²) in [6.45, 7) is 4.23. The third kappa shape index (κ3) is 4.94. The normalized spacial score (nSPS) is 20.7. The molecule has 2 aromatic carbocycles. The van der Waals surface area contributed by atoms with Gasteiger partial charge in [-0.3, -0.25) is 9.59 Å². The second kappa shape index (κ2) is 10.5. The first-order valence-corrected chi connectivity index (χ1v) is 11.6. The fourth-order valence-electron chi connectivity index (χ4n) is 4.50. The number of likely N-dealkylation sites (tertiary alicyclic amines) is 1. The van der Waals surface area contributed by atoms with E-state index in [-0.39, 0.29) is 22.7 Å². The predicted octanol–water partition coefficient (Wildman–Crippen LogP) is 1.02. The van der Waals surface area contributed by atoms with Gasteiger partial charge in [0.1, 0.15) is 24.7 Å². The van der Waals surface area contributed by atoms with Gasteiger partial charge in [0, 0.05) is 18.5 Å². The van der Waals surface area contributed by atoms with Crippen LogP contribution >= 0.6 is 11.6 Å². The molecule has 0 spiro atoms. The number of halogens is 2. The van der Waals surface area contributed by atoms with Gasteiger partial charge in [-0.2, -0.15) is 0 Å². The van der Waals surface area contributed by atoms with E-state index in [9.17, 15) is 19.1 Å². The van der Waals surface area contributed by atoms with E-state index in [1.165, 1.54) is 53.3 Å². The van der Waals surface area contributed by atoms with Crippen molar-refractivity contribution in [2.24, 2.45) is 0 Å². The molecule has 180 valence electrons. The van der Waals surface area contributed by atoms with Crippen molar-refractivity contribution < 1.29 is 33.5 Å². The Morgan fingerprint density at radius 2 is 2.00 bits per heavy atom. The smallest absolute Gasteiger partial charge is 0.295 e. The Bertz CT molecular complexity index is 1120. The van der Waals surface area contributed by atoms with Crippen LogP contribution in [0.4, 0.5) is 4.39 Å². The minimum absolute atomic E-state index is 0.156. The van der Waals surface area contributed by atoms with E-state index in [0.717, 1.165) is 19.6 Å². The Labute approximate surface area is 202 Å². The molecule has 1 unspecified atom stereocenters. The molecule has 1 amide bonds. The Balaban J connectivity index is 1.69. The Morgan fingerprint density at radius 3 is 2.68 bits per heavy atom. The number of ether oxygens (including phenoxy) is 2. The van der Waals surface area contributed by atoms with Gasteiger partial charge in [-0.15, -0.1) is 0 Å². The minimum atomic E-state index is -0.969. The molecule has 0 aliphatic carbocycles. The summed E-state index contributed by atoms with van der Waals surface area (Å²) in [4.78, 5) is 28.8. The van der Waals surface area contributed by atoms with Crippen molar-refractivity contribution in [3.8, 4) is 5.75 Å². The lowest BCUT2D eigenvalue weighted by atomic mass is 9.95. The summed E-state index contributed by atoms with van der Waals surface area (Å²) in [5.41, 5.74) is 0.333. The molecule has 2 fully saturated rings. The Kier molecular flexibility index (Phi) is 7.50. The van der Waals surface area contributed by atoms with Gasteiger partial charge < -0.3 is 24.4 Å². The predicted molar refractivity (Wildman–Crippen MR) is 122 cm³/mol. The minimum Gasteiger partial charge on any atom is -0.872 e. The maximum absolute atomic E-state index is 14.1. The first-order chi connectivity index (χ1) is 16.4. The number of hydrogen-bond acceptors (Lipinski definition) is 5. The molecule has 2 heterocycles.